The van der Waals surface area contributed by atoms with Crippen LogP contribution in [0.25, 0.3) is 11.1 Å². The standard InChI is InChI=1S/C13H14N2/c1-9-3-5-11(6-4-9)12-7-15-8-13(14)10(12)2/h3-8H,14H2,1-2H3. The topological polar surface area (TPSA) is 38.9 Å². The van der Waals surface area contributed by atoms with Crippen LogP contribution in [0, 0.1) is 13.8 Å². The van der Waals surface area contributed by atoms with E-state index in [1.54, 1.807) is 6.20 Å². The Morgan fingerprint density at radius 3 is 2.33 bits per heavy atom. The fourth-order valence-corrected chi connectivity index (χ4v) is 1.57. The van der Waals surface area contributed by atoms with Gasteiger partial charge >= 0.3 is 0 Å². The van der Waals surface area contributed by atoms with Gasteiger partial charge in [-0.1, -0.05) is 29.8 Å². The summed E-state index contributed by atoms with van der Waals surface area (Å²) in [6.45, 7) is 4.10. The molecule has 0 aliphatic heterocycles. The lowest BCUT2D eigenvalue weighted by atomic mass is 10.0. The number of aromatic nitrogens is 1. The number of aryl methyl sites for hydroxylation is 1. The van der Waals surface area contributed by atoms with Crippen molar-refractivity contribution < 1.29 is 0 Å². The van der Waals surface area contributed by atoms with Gasteiger partial charge in [0.25, 0.3) is 0 Å². The summed E-state index contributed by atoms with van der Waals surface area (Å²) in [7, 11) is 0. The molecule has 2 aromatic rings. The molecule has 2 heteroatoms. The van der Waals surface area contributed by atoms with Gasteiger partial charge in [-0.2, -0.15) is 0 Å². The van der Waals surface area contributed by atoms with Crippen molar-refractivity contribution in [2.24, 2.45) is 0 Å². The van der Waals surface area contributed by atoms with E-state index in [4.69, 9.17) is 5.73 Å². The molecule has 0 saturated carbocycles. The van der Waals surface area contributed by atoms with Crippen molar-refractivity contribution in [1.82, 2.24) is 4.98 Å². The van der Waals surface area contributed by atoms with E-state index in [1.807, 2.05) is 13.1 Å². The van der Waals surface area contributed by atoms with Gasteiger partial charge in [-0.05, 0) is 25.0 Å². The Kier molecular flexibility index (Phi) is 2.42. The maximum atomic E-state index is 5.83. The number of rotatable bonds is 1. The molecule has 2 nitrogen and oxygen atoms in total. The zero-order valence-corrected chi connectivity index (χ0v) is 8.99. The molecule has 0 aliphatic rings. The minimum atomic E-state index is 0.744. The average molecular weight is 198 g/mol. The van der Waals surface area contributed by atoms with Crippen LogP contribution in [0.4, 0.5) is 5.69 Å². The summed E-state index contributed by atoms with van der Waals surface area (Å²) in [6.07, 6.45) is 3.55. The second kappa shape index (κ2) is 3.73. The first-order valence-electron chi connectivity index (χ1n) is 4.95. The van der Waals surface area contributed by atoms with Crippen molar-refractivity contribution in [3.05, 3.63) is 47.8 Å². The summed E-state index contributed by atoms with van der Waals surface area (Å²) < 4.78 is 0. The monoisotopic (exact) mass is 198 g/mol. The number of hydrogen-bond acceptors (Lipinski definition) is 2. The van der Waals surface area contributed by atoms with Crippen molar-refractivity contribution in [3.63, 3.8) is 0 Å². The van der Waals surface area contributed by atoms with E-state index in [-0.39, 0.29) is 0 Å². The predicted molar refractivity (Wildman–Crippen MR) is 63.6 cm³/mol. The molecule has 1 heterocycles. The Balaban J connectivity index is 2.54. The van der Waals surface area contributed by atoms with Crippen LogP contribution in [0.2, 0.25) is 0 Å². The first kappa shape index (κ1) is 9.71. The van der Waals surface area contributed by atoms with Crippen molar-refractivity contribution >= 4 is 5.69 Å². The lowest BCUT2D eigenvalue weighted by molar-refractivity contribution is 1.29. The third-order valence-corrected chi connectivity index (χ3v) is 2.62. The van der Waals surface area contributed by atoms with Crippen molar-refractivity contribution in [2.45, 2.75) is 13.8 Å². The molecule has 2 N–H and O–H groups in total. The Hall–Kier alpha value is -1.83. The highest BCUT2D eigenvalue weighted by Crippen LogP contribution is 2.25. The van der Waals surface area contributed by atoms with Crippen LogP contribution in [0.1, 0.15) is 11.1 Å². The molecule has 0 fully saturated rings. The Morgan fingerprint density at radius 1 is 1.00 bits per heavy atom. The van der Waals surface area contributed by atoms with E-state index in [1.165, 1.54) is 5.56 Å². The fourth-order valence-electron chi connectivity index (χ4n) is 1.57. The van der Waals surface area contributed by atoms with E-state index < -0.39 is 0 Å². The molecule has 1 aromatic carbocycles. The Bertz CT molecular complexity index is 472. The van der Waals surface area contributed by atoms with Crippen molar-refractivity contribution in [3.8, 4) is 11.1 Å². The van der Waals surface area contributed by atoms with E-state index in [9.17, 15) is 0 Å². The van der Waals surface area contributed by atoms with Gasteiger partial charge in [0, 0.05) is 11.8 Å². The SMILES string of the molecule is Cc1ccc(-c2cncc(N)c2C)cc1. The predicted octanol–water partition coefficient (Wildman–Crippen LogP) is 2.95. The lowest BCUT2D eigenvalue weighted by Crippen LogP contribution is -1.93. The number of nitrogens with two attached hydrogens (primary N) is 1. The van der Waals surface area contributed by atoms with Crippen LogP contribution < -0.4 is 5.73 Å². The van der Waals surface area contributed by atoms with Crippen LogP contribution in [-0.2, 0) is 0 Å². The number of nitrogen functional groups attached to an aromatic ring is 1. The highest BCUT2D eigenvalue weighted by molar-refractivity contribution is 5.71. The number of anilines is 1. The van der Waals surface area contributed by atoms with Crippen LogP contribution in [0.3, 0.4) is 0 Å². The van der Waals surface area contributed by atoms with Crippen molar-refractivity contribution in [1.29, 1.82) is 0 Å². The van der Waals surface area contributed by atoms with E-state index in [2.05, 4.69) is 36.2 Å². The molecular weight excluding hydrogens is 184 g/mol. The third-order valence-electron chi connectivity index (χ3n) is 2.62. The molecular formula is C13H14N2. The van der Waals surface area contributed by atoms with Crippen LogP contribution in [0.5, 0.6) is 0 Å². The minimum absolute atomic E-state index is 0.744. The lowest BCUT2D eigenvalue weighted by Gasteiger charge is -2.07. The maximum Gasteiger partial charge on any atom is 0.0536 e. The normalized spacial score (nSPS) is 10.3. The summed E-state index contributed by atoms with van der Waals surface area (Å²) in [4.78, 5) is 4.12. The fraction of sp³-hybridized carbons (Fsp3) is 0.154. The number of benzene rings is 1. The first-order valence-corrected chi connectivity index (χ1v) is 4.95. The van der Waals surface area contributed by atoms with Gasteiger partial charge in [-0.15, -0.1) is 0 Å². The highest BCUT2D eigenvalue weighted by Gasteiger charge is 2.03. The van der Waals surface area contributed by atoms with E-state index in [0.717, 1.165) is 22.4 Å². The zero-order chi connectivity index (χ0) is 10.8. The molecule has 0 unspecified atom stereocenters. The Morgan fingerprint density at radius 2 is 1.67 bits per heavy atom. The molecule has 0 aliphatic carbocycles. The Labute approximate surface area is 89.8 Å². The van der Waals surface area contributed by atoms with E-state index in [0.29, 0.717) is 0 Å². The second-order valence-corrected chi connectivity index (χ2v) is 3.77. The van der Waals surface area contributed by atoms with Gasteiger partial charge in [0.05, 0.1) is 11.9 Å². The van der Waals surface area contributed by atoms with Crippen molar-refractivity contribution in [2.75, 3.05) is 5.73 Å². The van der Waals surface area contributed by atoms with Gasteiger partial charge in [0.1, 0.15) is 0 Å². The number of pyridine rings is 1. The summed E-state index contributed by atoms with van der Waals surface area (Å²) in [5.41, 5.74) is 11.2. The van der Waals surface area contributed by atoms with Gasteiger partial charge in [0.2, 0.25) is 0 Å². The smallest absolute Gasteiger partial charge is 0.0536 e. The summed E-state index contributed by atoms with van der Waals surface area (Å²) in [5, 5.41) is 0. The molecule has 76 valence electrons. The molecule has 0 atom stereocenters. The molecule has 0 spiro atoms. The van der Waals surface area contributed by atoms with Gasteiger partial charge < -0.3 is 5.73 Å². The van der Waals surface area contributed by atoms with Crippen LogP contribution in [0.15, 0.2) is 36.7 Å². The minimum Gasteiger partial charge on any atom is -0.397 e. The summed E-state index contributed by atoms with van der Waals surface area (Å²) in [5.74, 6) is 0. The van der Waals surface area contributed by atoms with Gasteiger partial charge in [-0.25, -0.2) is 0 Å². The number of nitrogens with zero attached hydrogens (tertiary/aromatic N) is 1. The largest absolute Gasteiger partial charge is 0.397 e. The molecule has 0 bridgehead atoms. The van der Waals surface area contributed by atoms with Gasteiger partial charge in [-0.3, -0.25) is 4.98 Å². The second-order valence-electron chi connectivity index (χ2n) is 3.77. The zero-order valence-electron chi connectivity index (χ0n) is 8.99. The summed E-state index contributed by atoms with van der Waals surface area (Å²) in [6, 6.07) is 8.38. The first-order chi connectivity index (χ1) is 7.18. The third kappa shape index (κ3) is 1.84. The van der Waals surface area contributed by atoms with Crippen LogP contribution in [-0.4, -0.2) is 4.98 Å². The van der Waals surface area contributed by atoms with Gasteiger partial charge in [0.15, 0.2) is 0 Å². The van der Waals surface area contributed by atoms with E-state index >= 15 is 0 Å². The molecule has 15 heavy (non-hydrogen) atoms. The molecule has 0 saturated heterocycles. The molecule has 1 aromatic heterocycles. The molecule has 2 rings (SSSR count). The van der Waals surface area contributed by atoms with Crippen LogP contribution >= 0.6 is 0 Å². The molecule has 0 amide bonds. The quantitative estimate of drug-likeness (QED) is 0.765. The highest BCUT2D eigenvalue weighted by atomic mass is 14.7. The summed E-state index contributed by atoms with van der Waals surface area (Å²) >= 11 is 0. The number of hydrogen-bond donors (Lipinski definition) is 1. The molecule has 0 radical (unpaired) electrons. The average Bonchev–Trinajstić information content (AvgIpc) is 2.24. The maximum absolute atomic E-state index is 5.83.